The Hall–Kier alpha value is -3.71. The summed E-state index contributed by atoms with van der Waals surface area (Å²) >= 11 is 0. The van der Waals surface area contributed by atoms with E-state index in [1.807, 2.05) is 54.6 Å². The number of carbonyl (C=O) groups is 2. The molecule has 3 amide bonds. The second-order valence-electron chi connectivity index (χ2n) is 8.42. The van der Waals surface area contributed by atoms with E-state index in [-0.39, 0.29) is 36.9 Å². The summed E-state index contributed by atoms with van der Waals surface area (Å²) in [5.41, 5.74) is 2.92. The van der Waals surface area contributed by atoms with Gasteiger partial charge in [-0.25, -0.2) is 9.18 Å². The number of nitrogens with one attached hydrogen (secondary N) is 1. The lowest BCUT2D eigenvalue weighted by molar-refractivity contribution is -0.149. The minimum absolute atomic E-state index is 0.0517. The van der Waals surface area contributed by atoms with E-state index in [1.165, 1.54) is 18.2 Å². The van der Waals surface area contributed by atoms with E-state index < -0.39 is 11.8 Å². The number of hydrogen-bond donors (Lipinski definition) is 2. The molecule has 0 bridgehead atoms. The smallest absolute Gasteiger partial charge is 0.326 e. The molecular weight excluding hydrogens is 421 g/mol. The van der Waals surface area contributed by atoms with Crippen molar-refractivity contribution in [3.8, 4) is 0 Å². The molecule has 3 aromatic rings. The molecule has 0 aromatic heterocycles. The van der Waals surface area contributed by atoms with E-state index >= 15 is 0 Å². The van der Waals surface area contributed by atoms with Gasteiger partial charge in [0.15, 0.2) is 0 Å². The zero-order valence-corrected chi connectivity index (χ0v) is 17.9. The Morgan fingerprint density at radius 2 is 1.76 bits per heavy atom. The minimum Gasteiger partial charge on any atom is -0.394 e. The first-order chi connectivity index (χ1) is 16.1. The number of para-hydroxylation sites is 1. The predicted octanol–water partition coefficient (Wildman–Crippen LogP) is 3.78. The number of halogens is 1. The van der Waals surface area contributed by atoms with Crippen molar-refractivity contribution < 1.29 is 19.1 Å². The third-order valence-corrected chi connectivity index (χ3v) is 6.49. The maximum absolute atomic E-state index is 13.6. The summed E-state index contributed by atoms with van der Waals surface area (Å²) in [6.07, 6.45) is 0.234. The van der Waals surface area contributed by atoms with Gasteiger partial charge in [-0.1, -0.05) is 54.6 Å². The highest BCUT2D eigenvalue weighted by Gasteiger charge is 2.55. The van der Waals surface area contributed by atoms with Crippen LogP contribution in [0, 0.1) is 5.82 Å². The zero-order valence-electron chi connectivity index (χ0n) is 17.9. The van der Waals surface area contributed by atoms with Gasteiger partial charge in [-0.2, -0.15) is 0 Å². The molecular formula is C26H24FN3O3. The summed E-state index contributed by atoms with van der Waals surface area (Å²) in [6, 6.07) is 21.8. The highest BCUT2D eigenvalue weighted by Crippen LogP contribution is 2.48. The van der Waals surface area contributed by atoms with Crippen LogP contribution in [0.15, 0.2) is 78.9 Å². The van der Waals surface area contributed by atoms with Gasteiger partial charge >= 0.3 is 6.03 Å². The van der Waals surface area contributed by atoms with Crippen LogP contribution in [0.25, 0.3) is 0 Å². The van der Waals surface area contributed by atoms with Crippen LogP contribution < -0.4 is 10.2 Å². The van der Waals surface area contributed by atoms with Crippen LogP contribution in [0.4, 0.5) is 20.6 Å². The standard InChI is InChI=1S/C26H24FN3O3/c27-18-9-6-10-19(14-18)28-26(33)29-15-22-25(20-11-4-5-12-21(20)29)23(16-31)30(22)24(32)13-17-7-2-1-3-8-17/h1-12,14,22-23,25,31H,13,15-16H2,(H,28,33)/t22-,23+,25+/m0/s1. The Morgan fingerprint density at radius 1 is 1.00 bits per heavy atom. The van der Waals surface area contributed by atoms with Crippen molar-refractivity contribution in [3.05, 3.63) is 95.8 Å². The Morgan fingerprint density at radius 3 is 2.52 bits per heavy atom. The lowest BCUT2D eigenvalue weighted by Gasteiger charge is -2.58. The molecule has 2 N–H and O–H groups in total. The normalized spacial score (nSPS) is 21.0. The van der Waals surface area contributed by atoms with Gasteiger partial charge in [-0.05, 0) is 35.4 Å². The minimum atomic E-state index is -0.436. The van der Waals surface area contributed by atoms with Crippen LogP contribution in [0.5, 0.6) is 0 Å². The molecule has 2 heterocycles. The topological polar surface area (TPSA) is 72.9 Å². The number of benzene rings is 3. The highest BCUT2D eigenvalue weighted by molar-refractivity contribution is 6.03. The number of anilines is 2. The number of rotatable bonds is 4. The van der Waals surface area contributed by atoms with Crippen molar-refractivity contribution in [1.29, 1.82) is 0 Å². The van der Waals surface area contributed by atoms with Crippen molar-refractivity contribution in [2.75, 3.05) is 23.4 Å². The fraction of sp³-hybridized carbons (Fsp3) is 0.231. The number of amides is 3. The summed E-state index contributed by atoms with van der Waals surface area (Å²) in [5, 5.41) is 12.9. The fourth-order valence-electron chi connectivity index (χ4n) is 5.05. The quantitative estimate of drug-likeness (QED) is 0.642. The van der Waals surface area contributed by atoms with E-state index in [2.05, 4.69) is 5.32 Å². The maximum atomic E-state index is 13.6. The van der Waals surface area contributed by atoms with Crippen LogP contribution in [-0.4, -0.2) is 47.2 Å². The SMILES string of the molecule is O=C(Nc1cccc(F)c1)N1C[C@H]2[C@@H](c3ccccc31)[C@@H](CO)N2C(=O)Cc1ccccc1. The Balaban J connectivity index is 1.42. The number of urea groups is 1. The summed E-state index contributed by atoms with van der Waals surface area (Å²) in [4.78, 5) is 29.7. The molecule has 168 valence electrons. The number of aliphatic hydroxyl groups is 1. The number of nitrogens with zero attached hydrogens (tertiary/aromatic N) is 2. The van der Waals surface area contributed by atoms with Crippen molar-refractivity contribution in [1.82, 2.24) is 4.90 Å². The fourth-order valence-corrected chi connectivity index (χ4v) is 5.05. The van der Waals surface area contributed by atoms with E-state index in [1.54, 1.807) is 15.9 Å². The van der Waals surface area contributed by atoms with E-state index in [0.29, 0.717) is 12.2 Å². The molecule has 7 heteroatoms. The summed E-state index contributed by atoms with van der Waals surface area (Å²) in [6.45, 7) is 0.144. The Labute approximate surface area is 191 Å². The van der Waals surface area contributed by atoms with Gasteiger partial charge in [0.1, 0.15) is 5.82 Å². The monoisotopic (exact) mass is 445 g/mol. The second-order valence-corrected chi connectivity index (χ2v) is 8.42. The lowest BCUT2D eigenvalue weighted by atomic mass is 9.71. The molecule has 0 aliphatic carbocycles. The molecule has 0 saturated carbocycles. The first kappa shape index (κ1) is 21.2. The predicted molar refractivity (Wildman–Crippen MR) is 124 cm³/mol. The molecule has 6 nitrogen and oxygen atoms in total. The van der Waals surface area contributed by atoms with Crippen molar-refractivity contribution in [2.45, 2.75) is 24.4 Å². The average molecular weight is 445 g/mol. The third-order valence-electron chi connectivity index (χ3n) is 6.49. The van der Waals surface area contributed by atoms with Crippen molar-refractivity contribution in [3.63, 3.8) is 0 Å². The van der Waals surface area contributed by atoms with E-state index in [9.17, 15) is 19.1 Å². The van der Waals surface area contributed by atoms with Crippen LogP contribution in [0.2, 0.25) is 0 Å². The Kier molecular flexibility index (Phi) is 5.56. The van der Waals surface area contributed by atoms with E-state index in [4.69, 9.17) is 0 Å². The highest BCUT2D eigenvalue weighted by atomic mass is 19.1. The van der Waals surface area contributed by atoms with Gasteiger partial charge in [0.2, 0.25) is 5.91 Å². The number of likely N-dealkylation sites (tertiary alicyclic amines) is 1. The molecule has 2 aliphatic rings. The van der Waals surface area contributed by atoms with Crippen LogP contribution in [-0.2, 0) is 11.2 Å². The van der Waals surface area contributed by atoms with E-state index in [0.717, 1.165) is 16.8 Å². The van der Waals surface area contributed by atoms with Gasteiger partial charge in [0, 0.05) is 23.8 Å². The number of hydrogen-bond acceptors (Lipinski definition) is 3. The molecule has 2 aliphatic heterocycles. The molecule has 3 atom stereocenters. The molecule has 3 aromatic carbocycles. The van der Waals surface area contributed by atoms with Gasteiger partial charge in [0.05, 0.1) is 25.1 Å². The van der Waals surface area contributed by atoms with Crippen LogP contribution in [0.3, 0.4) is 0 Å². The van der Waals surface area contributed by atoms with Gasteiger partial charge in [-0.15, -0.1) is 0 Å². The summed E-state index contributed by atoms with van der Waals surface area (Å²) < 4.78 is 13.6. The summed E-state index contributed by atoms with van der Waals surface area (Å²) in [7, 11) is 0. The lowest BCUT2D eigenvalue weighted by Crippen LogP contribution is -2.71. The maximum Gasteiger partial charge on any atom is 0.326 e. The third kappa shape index (κ3) is 3.85. The number of carbonyl (C=O) groups excluding carboxylic acids is 2. The molecule has 1 saturated heterocycles. The molecule has 1 fully saturated rings. The first-order valence-corrected chi connectivity index (χ1v) is 11.0. The van der Waals surface area contributed by atoms with Gasteiger partial charge in [-0.3, -0.25) is 9.69 Å². The Bertz CT molecular complexity index is 1190. The summed E-state index contributed by atoms with van der Waals surface area (Å²) in [5.74, 6) is -0.565. The van der Waals surface area contributed by atoms with Gasteiger partial charge < -0.3 is 15.3 Å². The first-order valence-electron chi connectivity index (χ1n) is 11.0. The van der Waals surface area contributed by atoms with Crippen molar-refractivity contribution in [2.24, 2.45) is 0 Å². The number of aliphatic hydroxyl groups excluding tert-OH is 1. The molecule has 0 unspecified atom stereocenters. The molecule has 0 radical (unpaired) electrons. The zero-order chi connectivity index (χ0) is 22.9. The van der Waals surface area contributed by atoms with Crippen LogP contribution in [0.1, 0.15) is 17.0 Å². The second kappa shape index (κ2) is 8.67. The average Bonchev–Trinajstić information content (AvgIpc) is 2.80. The van der Waals surface area contributed by atoms with Gasteiger partial charge in [0.25, 0.3) is 0 Å². The molecule has 5 rings (SSSR count). The number of fused-ring (bicyclic) bond motifs is 3. The molecule has 33 heavy (non-hydrogen) atoms. The largest absolute Gasteiger partial charge is 0.394 e. The molecule has 0 spiro atoms. The van der Waals surface area contributed by atoms with Crippen LogP contribution >= 0.6 is 0 Å². The van der Waals surface area contributed by atoms with Crippen molar-refractivity contribution >= 4 is 23.3 Å².